The summed E-state index contributed by atoms with van der Waals surface area (Å²) < 4.78 is 0. The molecule has 1 N–H and O–H groups in total. The molecule has 0 spiro atoms. The summed E-state index contributed by atoms with van der Waals surface area (Å²) in [7, 11) is 0. The Balaban J connectivity index is 1.72. The summed E-state index contributed by atoms with van der Waals surface area (Å²) in [4.78, 5) is 2.66. The van der Waals surface area contributed by atoms with Gasteiger partial charge in [0.25, 0.3) is 0 Å². The predicted octanol–water partition coefficient (Wildman–Crippen LogP) is 3.31. The molecule has 0 aliphatic heterocycles. The van der Waals surface area contributed by atoms with Crippen LogP contribution in [0.3, 0.4) is 0 Å². The molecule has 0 aromatic heterocycles. The second-order valence-electron chi connectivity index (χ2n) is 8.04. The fourth-order valence-electron chi connectivity index (χ4n) is 4.02. The maximum Gasteiger partial charge on any atom is 0.122 e. The van der Waals surface area contributed by atoms with Gasteiger partial charge in [0.2, 0.25) is 0 Å². The smallest absolute Gasteiger partial charge is 0.122 e. The van der Waals surface area contributed by atoms with E-state index in [9.17, 15) is 5.26 Å². The first-order valence-electron chi connectivity index (χ1n) is 9.06. The zero-order valence-corrected chi connectivity index (χ0v) is 13.8. The summed E-state index contributed by atoms with van der Waals surface area (Å²) in [5, 5.41) is 13.7. The van der Waals surface area contributed by atoms with Crippen LogP contribution in [0.2, 0.25) is 0 Å². The number of nitrogens with one attached hydrogen (secondary N) is 1. The quantitative estimate of drug-likeness (QED) is 0.745. The molecule has 0 bridgehead atoms. The van der Waals surface area contributed by atoms with E-state index in [0.717, 1.165) is 19.1 Å². The minimum Gasteiger partial charge on any atom is -0.297 e. The maximum absolute atomic E-state index is 9.95. The SMILES string of the molecule is CC(C)CN(CC(C#N)(NC1CC1)C1CC1)C1CCCC1. The lowest BCUT2D eigenvalue weighted by atomic mass is 9.92. The molecule has 21 heavy (non-hydrogen) atoms. The van der Waals surface area contributed by atoms with Crippen molar-refractivity contribution in [2.24, 2.45) is 11.8 Å². The van der Waals surface area contributed by atoms with Crippen molar-refractivity contribution in [1.29, 1.82) is 5.26 Å². The molecule has 3 nitrogen and oxygen atoms in total. The number of rotatable bonds is 8. The van der Waals surface area contributed by atoms with Crippen molar-refractivity contribution in [2.45, 2.75) is 82.8 Å². The van der Waals surface area contributed by atoms with Crippen molar-refractivity contribution in [2.75, 3.05) is 13.1 Å². The van der Waals surface area contributed by atoms with Crippen molar-refractivity contribution < 1.29 is 0 Å². The van der Waals surface area contributed by atoms with Crippen LogP contribution in [0.15, 0.2) is 0 Å². The molecular weight excluding hydrogens is 258 g/mol. The van der Waals surface area contributed by atoms with Gasteiger partial charge < -0.3 is 0 Å². The van der Waals surface area contributed by atoms with Gasteiger partial charge in [-0.15, -0.1) is 0 Å². The van der Waals surface area contributed by atoms with E-state index in [1.165, 1.54) is 51.4 Å². The number of hydrogen-bond donors (Lipinski definition) is 1. The maximum atomic E-state index is 9.95. The van der Waals surface area contributed by atoms with E-state index in [4.69, 9.17) is 0 Å². The van der Waals surface area contributed by atoms with E-state index < -0.39 is 0 Å². The largest absolute Gasteiger partial charge is 0.297 e. The lowest BCUT2D eigenvalue weighted by molar-refractivity contribution is 0.130. The third-order valence-electron chi connectivity index (χ3n) is 5.41. The van der Waals surface area contributed by atoms with Crippen LogP contribution in [0.5, 0.6) is 0 Å². The highest BCUT2D eigenvalue weighted by atomic mass is 15.2. The first-order valence-corrected chi connectivity index (χ1v) is 9.06. The molecule has 3 heteroatoms. The second-order valence-corrected chi connectivity index (χ2v) is 8.04. The van der Waals surface area contributed by atoms with Gasteiger partial charge in [-0.1, -0.05) is 26.7 Å². The van der Waals surface area contributed by atoms with Crippen molar-refractivity contribution in [3.8, 4) is 6.07 Å². The molecule has 0 aromatic rings. The molecule has 0 radical (unpaired) electrons. The Labute approximate surface area is 130 Å². The second kappa shape index (κ2) is 6.26. The van der Waals surface area contributed by atoms with E-state index in [1.807, 2.05) is 0 Å². The topological polar surface area (TPSA) is 39.1 Å². The summed E-state index contributed by atoms with van der Waals surface area (Å²) in [6.45, 7) is 6.71. The van der Waals surface area contributed by atoms with E-state index in [0.29, 0.717) is 17.9 Å². The van der Waals surface area contributed by atoms with Gasteiger partial charge >= 0.3 is 0 Å². The predicted molar refractivity (Wildman–Crippen MR) is 85.9 cm³/mol. The zero-order valence-electron chi connectivity index (χ0n) is 13.8. The molecule has 3 saturated carbocycles. The monoisotopic (exact) mass is 289 g/mol. The van der Waals surface area contributed by atoms with Gasteiger partial charge in [0.1, 0.15) is 5.54 Å². The van der Waals surface area contributed by atoms with Crippen LogP contribution in [-0.4, -0.2) is 35.6 Å². The Bertz CT molecular complexity index is 386. The molecule has 3 aliphatic carbocycles. The highest BCUT2D eigenvalue weighted by molar-refractivity contribution is 5.19. The fourth-order valence-corrected chi connectivity index (χ4v) is 4.02. The van der Waals surface area contributed by atoms with E-state index in [1.54, 1.807) is 0 Å². The van der Waals surface area contributed by atoms with Crippen LogP contribution in [-0.2, 0) is 0 Å². The van der Waals surface area contributed by atoms with E-state index >= 15 is 0 Å². The zero-order chi connectivity index (χ0) is 14.9. The lowest BCUT2D eigenvalue weighted by Crippen LogP contribution is -2.57. The van der Waals surface area contributed by atoms with Crippen LogP contribution >= 0.6 is 0 Å². The van der Waals surface area contributed by atoms with E-state index in [2.05, 4.69) is 30.1 Å². The first-order chi connectivity index (χ1) is 10.1. The minimum atomic E-state index is -0.265. The summed E-state index contributed by atoms with van der Waals surface area (Å²) in [6.07, 6.45) is 10.4. The van der Waals surface area contributed by atoms with Crippen molar-refractivity contribution >= 4 is 0 Å². The molecule has 1 unspecified atom stereocenters. The summed E-state index contributed by atoms with van der Waals surface area (Å²) in [6, 6.07) is 4.07. The van der Waals surface area contributed by atoms with Crippen molar-refractivity contribution in [1.82, 2.24) is 10.2 Å². The van der Waals surface area contributed by atoms with Gasteiger partial charge in [0.15, 0.2) is 0 Å². The number of nitrogens with zero attached hydrogens (tertiary/aromatic N) is 2. The molecule has 3 fully saturated rings. The molecule has 1 atom stereocenters. The average molecular weight is 289 g/mol. The Morgan fingerprint density at radius 2 is 1.81 bits per heavy atom. The first kappa shape index (κ1) is 15.3. The van der Waals surface area contributed by atoms with E-state index in [-0.39, 0.29) is 5.54 Å². The Morgan fingerprint density at radius 1 is 1.14 bits per heavy atom. The highest BCUT2D eigenvalue weighted by Crippen LogP contribution is 2.42. The fraction of sp³-hybridized carbons (Fsp3) is 0.944. The summed E-state index contributed by atoms with van der Waals surface area (Å²) in [5.74, 6) is 1.28. The average Bonchev–Trinajstić information content (AvgIpc) is 3.37. The van der Waals surface area contributed by atoms with Crippen LogP contribution < -0.4 is 5.32 Å². The molecule has 3 rings (SSSR count). The molecule has 0 saturated heterocycles. The van der Waals surface area contributed by atoms with Crippen LogP contribution in [0, 0.1) is 23.2 Å². The van der Waals surface area contributed by atoms with Gasteiger partial charge in [-0.05, 0) is 50.4 Å². The minimum absolute atomic E-state index is 0.265. The molecule has 0 heterocycles. The summed E-state index contributed by atoms with van der Waals surface area (Å²) in [5.41, 5.74) is -0.265. The number of hydrogen-bond acceptors (Lipinski definition) is 3. The highest BCUT2D eigenvalue weighted by Gasteiger charge is 2.49. The van der Waals surface area contributed by atoms with Crippen molar-refractivity contribution in [3.05, 3.63) is 0 Å². The Kier molecular flexibility index (Phi) is 4.57. The Morgan fingerprint density at radius 3 is 2.29 bits per heavy atom. The van der Waals surface area contributed by atoms with Crippen LogP contribution in [0.25, 0.3) is 0 Å². The van der Waals surface area contributed by atoms with Gasteiger partial charge in [-0.3, -0.25) is 10.2 Å². The van der Waals surface area contributed by atoms with Crippen LogP contribution in [0.4, 0.5) is 0 Å². The van der Waals surface area contributed by atoms with Gasteiger partial charge in [0.05, 0.1) is 6.07 Å². The lowest BCUT2D eigenvalue weighted by Gasteiger charge is -2.38. The number of nitriles is 1. The van der Waals surface area contributed by atoms with Crippen LogP contribution in [0.1, 0.15) is 65.2 Å². The molecule has 0 aromatic carbocycles. The third-order valence-corrected chi connectivity index (χ3v) is 5.41. The normalized spacial score (nSPS) is 26.2. The standard InChI is InChI=1S/C18H31N3/c1-14(2)11-21(17-5-3-4-6-17)13-18(12-19,15-7-8-15)20-16-9-10-16/h14-17,20H,3-11,13H2,1-2H3. The molecular formula is C18H31N3. The summed E-state index contributed by atoms with van der Waals surface area (Å²) >= 11 is 0. The molecule has 118 valence electrons. The Hall–Kier alpha value is -0.590. The van der Waals surface area contributed by atoms with Gasteiger partial charge in [0, 0.05) is 25.2 Å². The third kappa shape index (κ3) is 3.79. The van der Waals surface area contributed by atoms with Gasteiger partial charge in [-0.25, -0.2) is 0 Å². The van der Waals surface area contributed by atoms with Crippen molar-refractivity contribution in [3.63, 3.8) is 0 Å². The molecule has 3 aliphatic rings. The molecule has 0 amide bonds. The van der Waals surface area contributed by atoms with Gasteiger partial charge in [-0.2, -0.15) is 5.26 Å².